The van der Waals surface area contributed by atoms with E-state index in [0.717, 1.165) is 0 Å². The van der Waals surface area contributed by atoms with Crippen molar-refractivity contribution >= 4 is 21.9 Å². The van der Waals surface area contributed by atoms with Crippen LogP contribution < -0.4 is 14.2 Å². The highest BCUT2D eigenvalue weighted by atomic mass is 79.9. The highest BCUT2D eigenvalue weighted by Crippen LogP contribution is 2.26. The molecule has 6 heteroatoms. The first kappa shape index (κ1) is 17.1. The predicted octanol–water partition coefficient (Wildman–Crippen LogP) is 4.00. The lowest BCUT2D eigenvalue weighted by Gasteiger charge is -2.13. The van der Waals surface area contributed by atoms with Gasteiger partial charge in [-0.1, -0.05) is 28.1 Å². The largest absolute Gasteiger partial charge is 0.490 e. The Hall–Kier alpha value is -2.21. The minimum absolute atomic E-state index is 0.106. The molecular weight excluding hydrogens is 364 g/mol. The summed E-state index contributed by atoms with van der Waals surface area (Å²) in [6.45, 7) is 2.96. The number of ether oxygens (including phenoxy) is 3. The molecule has 122 valence electrons. The Kier molecular flexibility index (Phi) is 6.29. The van der Waals surface area contributed by atoms with Crippen LogP contribution in [0.4, 0.5) is 0 Å². The van der Waals surface area contributed by atoms with Crippen molar-refractivity contribution in [1.29, 1.82) is 0 Å². The average molecular weight is 381 g/mol. The maximum absolute atomic E-state index is 11.2. The quantitative estimate of drug-likeness (QED) is 0.701. The zero-order valence-corrected chi connectivity index (χ0v) is 14.2. The molecule has 2 rings (SSSR count). The Bertz CT molecular complexity index is 672. The molecule has 0 amide bonds. The smallest absolute Gasteiger partial charge is 0.339 e. The van der Waals surface area contributed by atoms with E-state index in [2.05, 4.69) is 15.9 Å². The first-order valence-electron chi connectivity index (χ1n) is 7.12. The third-order valence-electron chi connectivity index (χ3n) is 2.92. The lowest BCUT2D eigenvalue weighted by atomic mass is 10.2. The van der Waals surface area contributed by atoms with Gasteiger partial charge in [0, 0.05) is 4.47 Å². The van der Waals surface area contributed by atoms with Crippen LogP contribution in [-0.4, -0.2) is 30.9 Å². The summed E-state index contributed by atoms with van der Waals surface area (Å²) in [6.07, 6.45) is 0. The summed E-state index contributed by atoms with van der Waals surface area (Å²) in [6, 6.07) is 12.2. The standard InChI is InChI=1S/C17H17BrO5/c1-2-21-15-5-3-4-6-16(15)23-10-9-22-14-8-7-12(18)11-13(14)17(19)20/h3-8,11H,2,9-10H2,1H3,(H,19,20). The number of carboxylic acid groups (broad SMARTS) is 1. The zero-order chi connectivity index (χ0) is 16.7. The van der Waals surface area contributed by atoms with Crippen LogP contribution in [0.5, 0.6) is 17.2 Å². The first-order valence-corrected chi connectivity index (χ1v) is 7.91. The second-order valence-corrected chi connectivity index (χ2v) is 5.44. The van der Waals surface area contributed by atoms with Gasteiger partial charge in [-0.05, 0) is 37.3 Å². The molecular formula is C17H17BrO5. The van der Waals surface area contributed by atoms with Gasteiger partial charge in [0.05, 0.1) is 6.61 Å². The molecule has 0 radical (unpaired) electrons. The summed E-state index contributed by atoms with van der Waals surface area (Å²) >= 11 is 3.24. The van der Waals surface area contributed by atoms with Crippen molar-refractivity contribution in [3.63, 3.8) is 0 Å². The Balaban J connectivity index is 1.92. The summed E-state index contributed by atoms with van der Waals surface area (Å²) in [5.41, 5.74) is 0.106. The molecule has 2 aromatic carbocycles. The topological polar surface area (TPSA) is 65.0 Å². The highest BCUT2D eigenvalue weighted by molar-refractivity contribution is 9.10. The van der Waals surface area contributed by atoms with E-state index in [0.29, 0.717) is 28.3 Å². The summed E-state index contributed by atoms with van der Waals surface area (Å²) < 4.78 is 17.3. The van der Waals surface area contributed by atoms with Gasteiger partial charge in [-0.15, -0.1) is 0 Å². The van der Waals surface area contributed by atoms with Gasteiger partial charge < -0.3 is 19.3 Å². The number of para-hydroxylation sites is 2. The molecule has 1 N–H and O–H groups in total. The molecule has 0 atom stereocenters. The minimum Gasteiger partial charge on any atom is -0.490 e. The maximum atomic E-state index is 11.2. The van der Waals surface area contributed by atoms with Crippen molar-refractivity contribution in [3.05, 3.63) is 52.5 Å². The van der Waals surface area contributed by atoms with Crippen LogP contribution >= 0.6 is 15.9 Å². The molecule has 0 saturated carbocycles. The van der Waals surface area contributed by atoms with E-state index in [-0.39, 0.29) is 18.8 Å². The van der Waals surface area contributed by atoms with Gasteiger partial charge in [0.2, 0.25) is 0 Å². The minimum atomic E-state index is -1.04. The van der Waals surface area contributed by atoms with Gasteiger partial charge in [0.15, 0.2) is 11.5 Å². The van der Waals surface area contributed by atoms with E-state index in [1.807, 2.05) is 31.2 Å². The number of benzene rings is 2. The van der Waals surface area contributed by atoms with Gasteiger partial charge in [0.1, 0.15) is 24.5 Å². The van der Waals surface area contributed by atoms with Crippen LogP contribution in [0.15, 0.2) is 46.9 Å². The third kappa shape index (κ3) is 4.89. The van der Waals surface area contributed by atoms with Gasteiger partial charge in [0.25, 0.3) is 0 Å². The zero-order valence-electron chi connectivity index (χ0n) is 12.6. The molecule has 0 aromatic heterocycles. The van der Waals surface area contributed by atoms with E-state index in [1.54, 1.807) is 12.1 Å². The Morgan fingerprint density at radius 1 is 1.00 bits per heavy atom. The number of hydrogen-bond acceptors (Lipinski definition) is 4. The number of carbonyl (C=O) groups is 1. The molecule has 0 aliphatic rings. The number of hydrogen-bond donors (Lipinski definition) is 1. The maximum Gasteiger partial charge on any atom is 0.339 e. The van der Waals surface area contributed by atoms with Crippen molar-refractivity contribution in [1.82, 2.24) is 0 Å². The highest BCUT2D eigenvalue weighted by Gasteiger charge is 2.12. The SMILES string of the molecule is CCOc1ccccc1OCCOc1ccc(Br)cc1C(=O)O. The van der Waals surface area contributed by atoms with E-state index in [1.165, 1.54) is 6.07 Å². The van der Waals surface area contributed by atoms with Crippen LogP contribution in [0.2, 0.25) is 0 Å². The molecule has 23 heavy (non-hydrogen) atoms. The number of rotatable bonds is 8. The van der Waals surface area contributed by atoms with Crippen molar-refractivity contribution in [2.75, 3.05) is 19.8 Å². The van der Waals surface area contributed by atoms with Gasteiger partial charge >= 0.3 is 5.97 Å². The van der Waals surface area contributed by atoms with E-state index < -0.39 is 5.97 Å². The molecule has 0 heterocycles. The second kappa shape index (κ2) is 8.43. The summed E-state index contributed by atoms with van der Waals surface area (Å²) in [5, 5.41) is 9.17. The van der Waals surface area contributed by atoms with E-state index >= 15 is 0 Å². The number of aromatic carboxylic acids is 1. The summed E-state index contributed by atoms with van der Waals surface area (Å²) in [4.78, 5) is 11.2. The number of carboxylic acids is 1. The molecule has 2 aromatic rings. The molecule has 0 spiro atoms. The fraction of sp³-hybridized carbons (Fsp3) is 0.235. The van der Waals surface area contributed by atoms with Crippen LogP contribution in [0, 0.1) is 0 Å². The van der Waals surface area contributed by atoms with Crippen LogP contribution in [-0.2, 0) is 0 Å². The molecule has 5 nitrogen and oxygen atoms in total. The normalized spacial score (nSPS) is 10.2. The Morgan fingerprint density at radius 2 is 1.61 bits per heavy atom. The van der Waals surface area contributed by atoms with Gasteiger partial charge in [-0.25, -0.2) is 4.79 Å². The first-order chi connectivity index (χ1) is 11.1. The second-order valence-electron chi connectivity index (χ2n) is 4.52. The van der Waals surface area contributed by atoms with Crippen LogP contribution in [0.25, 0.3) is 0 Å². The summed E-state index contributed by atoms with van der Waals surface area (Å²) in [5.74, 6) is 0.573. The van der Waals surface area contributed by atoms with Crippen LogP contribution in [0.3, 0.4) is 0 Å². The molecule has 0 saturated heterocycles. The van der Waals surface area contributed by atoms with E-state index in [9.17, 15) is 9.90 Å². The van der Waals surface area contributed by atoms with Gasteiger partial charge in [-0.3, -0.25) is 0 Å². The van der Waals surface area contributed by atoms with Crippen LogP contribution in [0.1, 0.15) is 17.3 Å². The Labute approximate surface area is 142 Å². The average Bonchev–Trinajstić information content (AvgIpc) is 2.54. The number of halogens is 1. The van der Waals surface area contributed by atoms with Crippen molar-refractivity contribution in [3.8, 4) is 17.2 Å². The third-order valence-corrected chi connectivity index (χ3v) is 3.41. The fourth-order valence-electron chi connectivity index (χ4n) is 1.94. The lowest BCUT2D eigenvalue weighted by molar-refractivity contribution is 0.0691. The lowest BCUT2D eigenvalue weighted by Crippen LogP contribution is -2.11. The predicted molar refractivity (Wildman–Crippen MR) is 89.7 cm³/mol. The van der Waals surface area contributed by atoms with Crippen molar-refractivity contribution < 1.29 is 24.1 Å². The molecule has 0 fully saturated rings. The molecule has 0 aliphatic heterocycles. The molecule has 0 bridgehead atoms. The monoisotopic (exact) mass is 380 g/mol. The van der Waals surface area contributed by atoms with Crippen molar-refractivity contribution in [2.45, 2.75) is 6.92 Å². The molecule has 0 unspecified atom stereocenters. The fourth-order valence-corrected chi connectivity index (χ4v) is 2.30. The Morgan fingerprint density at radius 3 is 2.22 bits per heavy atom. The molecule has 0 aliphatic carbocycles. The van der Waals surface area contributed by atoms with E-state index in [4.69, 9.17) is 14.2 Å². The summed E-state index contributed by atoms with van der Waals surface area (Å²) in [7, 11) is 0. The van der Waals surface area contributed by atoms with Crippen molar-refractivity contribution in [2.24, 2.45) is 0 Å². The van der Waals surface area contributed by atoms with Gasteiger partial charge in [-0.2, -0.15) is 0 Å².